The van der Waals surface area contributed by atoms with E-state index in [0.717, 1.165) is 34.5 Å². The van der Waals surface area contributed by atoms with Crippen LogP contribution in [0, 0.1) is 12.8 Å². The molecule has 7 heteroatoms. The van der Waals surface area contributed by atoms with Crippen LogP contribution in [0.2, 0.25) is 0 Å². The first-order valence-electron chi connectivity index (χ1n) is 13.1. The second-order valence-electron chi connectivity index (χ2n) is 10.7. The number of hydrogen-bond donors (Lipinski definition) is 0. The van der Waals surface area contributed by atoms with E-state index in [-0.39, 0.29) is 18.1 Å². The number of likely N-dealkylation sites (tertiary alicyclic amines) is 1. The van der Waals surface area contributed by atoms with E-state index in [0.29, 0.717) is 36.1 Å². The molecule has 7 nitrogen and oxygen atoms in total. The summed E-state index contributed by atoms with van der Waals surface area (Å²) in [4.78, 5) is 36.7. The average Bonchev–Trinajstić information content (AvgIpc) is 3.31. The van der Waals surface area contributed by atoms with E-state index in [4.69, 9.17) is 0 Å². The molecule has 3 heterocycles. The van der Waals surface area contributed by atoms with Gasteiger partial charge in [-0.1, -0.05) is 44.2 Å². The molecule has 1 aliphatic rings. The van der Waals surface area contributed by atoms with Crippen molar-refractivity contribution in [2.45, 2.75) is 39.5 Å². The number of ketones is 1. The molecule has 0 aliphatic carbocycles. The number of carbonyl (C=O) groups is 2. The lowest BCUT2D eigenvalue weighted by Gasteiger charge is -2.39. The van der Waals surface area contributed by atoms with Gasteiger partial charge in [0.05, 0.1) is 11.8 Å². The SMILES string of the molecule is Cc1ccc(C(=O)N2CC(c3ccc(-c4cnn(C)c4)cc3)C2)cc1CC(=O)c1cnc(CC(C)C)nc1. The minimum absolute atomic E-state index is 0.00306. The Morgan fingerprint density at radius 2 is 1.66 bits per heavy atom. The first-order chi connectivity index (χ1) is 18.3. The molecule has 1 saturated heterocycles. The standard InChI is InChI=1S/C31H33N5O2/c1-20(2)11-30-32-14-26(15-33-30)29(37)13-25-12-24(6-5-21(25)3)31(38)36-18-28(19-36)23-9-7-22(8-10-23)27-16-34-35(4)17-27/h5-10,12,14-17,20,28H,11,13,18-19H2,1-4H3. The monoisotopic (exact) mass is 507 g/mol. The third-order valence-electron chi connectivity index (χ3n) is 7.15. The largest absolute Gasteiger partial charge is 0.337 e. The number of rotatable bonds is 8. The Balaban J connectivity index is 1.20. The molecule has 194 valence electrons. The van der Waals surface area contributed by atoms with Crippen molar-refractivity contribution in [2.24, 2.45) is 13.0 Å². The van der Waals surface area contributed by atoms with Gasteiger partial charge in [0, 0.05) is 68.6 Å². The van der Waals surface area contributed by atoms with Crippen molar-refractivity contribution in [3.63, 3.8) is 0 Å². The first kappa shape index (κ1) is 25.5. The summed E-state index contributed by atoms with van der Waals surface area (Å²) >= 11 is 0. The van der Waals surface area contributed by atoms with Crippen LogP contribution in [0.1, 0.15) is 63.0 Å². The van der Waals surface area contributed by atoms with Crippen LogP contribution in [0.25, 0.3) is 11.1 Å². The second-order valence-corrected chi connectivity index (χ2v) is 10.7. The summed E-state index contributed by atoms with van der Waals surface area (Å²) in [7, 11) is 1.91. The van der Waals surface area contributed by atoms with Crippen LogP contribution in [0.4, 0.5) is 0 Å². The van der Waals surface area contributed by atoms with Gasteiger partial charge in [0.25, 0.3) is 5.91 Å². The molecule has 0 spiro atoms. The van der Waals surface area contributed by atoms with E-state index in [1.807, 2.05) is 49.5 Å². The molecule has 2 aromatic heterocycles. The van der Waals surface area contributed by atoms with Crippen LogP contribution in [0.3, 0.4) is 0 Å². The van der Waals surface area contributed by atoms with Crippen LogP contribution in [0.15, 0.2) is 67.3 Å². The molecule has 4 aromatic rings. The van der Waals surface area contributed by atoms with Gasteiger partial charge in [-0.05, 0) is 47.2 Å². The van der Waals surface area contributed by atoms with Crippen molar-refractivity contribution in [3.8, 4) is 11.1 Å². The summed E-state index contributed by atoms with van der Waals surface area (Å²) < 4.78 is 1.80. The molecule has 5 rings (SSSR count). The smallest absolute Gasteiger partial charge is 0.253 e. The van der Waals surface area contributed by atoms with Crippen molar-refractivity contribution < 1.29 is 9.59 Å². The van der Waals surface area contributed by atoms with Gasteiger partial charge in [0.2, 0.25) is 0 Å². The molecule has 2 aromatic carbocycles. The highest BCUT2D eigenvalue weighted by Gasteiger charge is 2.32. The molecule has 0 bridgehead atoms. The molecule has 1 aliphatic heterocycles. The minimum Gasteiger partial charge on any atom is -0.337 e. The Hall–Kier alpha value is -4.13. The summed E-state index contributed by atoms with van der Waals surface area (Å²) in [5.41, 5.74) is 6.42. The maximum atomic E-state index is 13.2. The lowest BCUT2D eigenvalue weighted by molar-refractivity contribution is 0.0602. The Kier molecular flexibility index (Phi) is 7.18. The number of carbonyl (C=O) groups excluding carboxylic acids is 2. The summed E-state index contributed by atoms with van der Waals surface area (Å²) in [6, 6.07) is 14.1. The quantitative estimate of drug-likeness (QED) is 0.312. The van der Waals surface area contributed by atoms with E-state index < -0.39 is 0 Å². The molecule has 0 N–H and O–H groups in total. The summed E-state index contributed by atoms with van der Waals surface area (Å²) in [5.74, 6) is 1.49. The Morgan fingerprint density at radius 1 is 0.947 bits per heavy atom. The number of amides is 1. The highest BCUT2D eigenvalue weighted by molar-refractivity contribution is 5.98. The Labute approximate surface area is 223 Å². The molecule has 38 heavy (non-hydrogen) atoms. The fourth-order valence-electron chi connectivity index (χ4n) is 4.80. The number of Topliss-reactive ketones (excluding diaryl/α,β-unsaturated/α-hetero) is 1. The van der Waals surface area contributed by atoms with Gasteiger partial charge in [-0.3, -0.25) is 14.3 Å². The molecule has 1 amide bonds. The fraction of sp³-hybridized carbons (Fsp3) is 0.323. The summed E-state index contributed by atoms with van der Waals surface area (Å²) in [6.45, 7) is 7.57. The highest BCUT2D eigenvalue weighted by Crippen LogP contribution is 2.30. The number of aryl methyl sites for hydroxylation is 2. The summed E-state index contributed by atoms with van der Waals surface area (Å²) in [6.07, 6.45) is 8.08. The second kappa shape index (κ2) is 10.7. The number of hydrogen-bond acceptors (Lipinski definition) is 5. The van der Waals surface area contributed by atoms with E-state index >= 15 is 0 Å². The third-order valence-corrected chi connectivity index (χ3v) is 7.15. The molecular formula is C31H33N5O2. The molecule has 0 atom stereocenters. The van der Waals surface area contributed by atoms with Gasteiger partial charge in [0.1, 0.15) is 5.82 Å². The molecular weight excluding hydrogens is 474 g/mol. The highest BCUT2D eigenvalue weighted by atomic mass is 16.2. The predicted molar refractivity (Wildman–Crippen MR) is 147 cm³/mol. The van der Waals surface area contributed by atoms with Gasteiger partial charge in [-0.15, -0.1) is 0 Å². The molecule has 0 unspecified atom stereocenters. The van der Waals surface area contributed by atoms with Crippen LogP contribution >= 0.6 is 0 Å². The van der Waals surface area contributed by atoms with Crippen molar-refractivity contribution in [3.05, 3.63) is 101 Å². The average molecular weight is 508 g/mol. The van der Waals surface area contributed by atoms with Crippen molar-refractivity contribution in [2.75, 3.05) is 13.1 Å². The van der Waals surface area contributed by atoms with Crippen LogP contribution in [-0.4, -0.2) is 49.4 Å². The van der Waals surface area contributed by atoms with Gasteiger partial charge < -0.3 is 4.90 Å². The van der Waals surface area contributed by atoms with Crippen LogP contribution in [-0.2, 0) is 19.9 Å². The number of benzene rings is 2. The molecule has 1 fully saturated rings. The Bertz CT molecular complexity index is 1450. The molecule has 0 saturated carbocycles. The van der Waals surface area contributed by atoms with Gasteiger partial charge in [0.15, 0.2) is 5.78 Å². The normalized spacial score (nSPS) is 13.6. The zero-order valence-corrected chi connectivity index (χ0v) is 22.4. The van der Waals surface area contributed by atoms with Crippen LogP contribution < -0.4 is 0 Å². The number of nitrogens with zero attached hydrogens (tertiary/aromatic N) is 5. The zero-order chi connectivity index (χ0) is 26.8. The Morgan fingerprint density at radius 3 is 2.29 bits per heavy atom. The third kappa shape index (κ3) is 5.57. The van der Waals surface area contributed by atoms with E-state index in [2.05, 4.69) is 53.2 Å². The summed E-state index contributed by atoms with van der Waals surface area (Å²) in [5, 5.41) is 4.24. The van der Waals surface area contributed by atoms with Crippen LogP contribution in [0.5, 0.6) is 0 Å². The predicted octanol–water partition coefficient (Wildman–Crippen LogP) is 5.05. The first-order valence-corrected chi connectivity index (χ1v) is 13.1. The van der Waals surface area contributed by atoms with E-state index in [9.17, 15) is 9.59 Å². The van der Waals surface area contributed by atoms with Crippen molar-refractivity contribution >= 4 is 11.7 Å². The maximum Gasteiger partial charge on any atom is 0.253 e. The van der Waals surface area contributed by atoms with Gasteiger partial charge >= 0.3 is 0 Å². The zero-order valence-electron chi connectivity index (χ0n) is 22.4. The maximum absolute atomic E-state index is 13.2. The lowest BCUT2D eigenvalue weighted by Crippen LogP contribution is -2.48. The topological polar surface area (TPSA) is 81.0 Å². The minimum atomic E-state index is -0.0486. The number of aromatic nitrogens is 4. The van der Waals surface area contributed by atoms with Crippen molar-refractivity contribution in [1.82, 2.24) is 24.6 Å². The lowest BCUT2D eigenvalue weighted by atomic mass is 9.89. The van der Waals surface area contributed by atoms with Gasteiger partial charge in [-0.2, -0.15) is 5.10 Å². The van der Waals surface area contributed by atoms with Crippen molar-refractivity contribution in [1.29, 1.82) is 0 Å². The van der Waals surface area contributed by atoms with Gasteiger partial charge in [-0.25, -0.2) is 9.97 Å². The van der Waals surface area contributed by atoms with E-state index in [1.54, 1.807) is 17.1 Å². The fourth-order valence-corrected chi connectivity index (χ4v) is 4.80. The van der Waals surface area contributed by atoms with E-state index in [1.165, 1.54) is 5.56 Å². The molecule has 0 radical (unpaired) electrons.